The van der Waals surface area contributed by atoms with E-state index in [4.69, 9.17) is 9.97 Å². The molecule has 4 heteroatoms. The van der Waals surface area contributed by atoms with Crippen molar-refractivity contribution in [3.63, 3.8) is 0 Å². The van der Waals surface area contributed by atoms with Crippen LogP contribution in [0.15, 0.2) is 158 Å². The van der Waals surface area contributed by atoms with E-state index in [1.54, 1.807) is 0 Å². The van der Waals surface area contributed by atoms with Gasteiger partial charge in [0.15, 0.2) is 11.6 Å². The maximum Gasteiger partial charge on any atom is 0.175 e. The van der Waals surface area contributed by atoms with Gasteiger partial charge in [-0.1, -0.05) is 133 Å². The SMILES string of the molecule is Fc1c(-c2ccccc2)nc(-c2cccc(-n3c4ccccc4c4ccc(-c5ccccc5)cc43)c2)nc1-c1ccccc1. The van der Waals surface area contributed by atoms with Crippen molar-refractivity contribution in [3.8, 4) is 50.7 Å². The molecule has 0 radical (unpaired) electrons. The molecule has 2 heterocycles. The van der Waals surface area contributed by atoms with Gasteiger partial charge >= 0.3 is 0 Å². The lowest BCUT2D eigenvalue weighted by molar-refractivity contribution is 0.623. The summed E-state index contributed by atoms with van der Waals surface area (Å²) in [5.41, 5.74) is 8.31. The van der Waals surface area contributed by atoms with Crippen LogP contribution >= 0.6 is 0 Å². The smallest absolute Gasteiger partial charge is 0.175 e. The van der Waals surface area contributed by atoms with Crippen LogP contribution in [0.5, 0.6) is 0 Å². The normalized spacial score (nSPS) is 11.3. The van der Waals surface area contributed by atoms with E-state index in [1.165, 1.54) is 16.3 Å². The molecule has 0 unspecified atom stereocenters. The lowest BCUT2D eigenvalue weighted by Crippen LogP contribution is -2.02. The van der Waals surface area contributed by atoms with Crippen LogP contribution in [0.2, 0.25) is 0 Å². The molecule has 0 saturated carbocycles. The largest absolute Gasteiger partial charge is 0.309 e. The van der Waals surface area contributed by atoms with Crippen LogP contribution in [0.25, 0.3) is 72.5 Å². The molecule has 8 aromatic rings. The Morgan fingerprint density at radius 3 is 1.61 bits per heavy atom. The predicted molar refractivity (Wildman–Crippen MR) is 178 cm³/mol. The number of hydrogen-bond acceptors (Lipinski definition) is 2. The first-order chi connectivity index (χ1) is 21.7. The molecule has 0 aliphatic heterocycles. The van der Waals surface area contributed by atoms with Crippen molar-refractivity contribution < 1.29 is 4.39 Å². The van der Waals surface area contributed by atoms with Crippen molar-refractivity contribution in [2.75, 3.05) is 0 Å². The Hall–Kier alpha value is -5.87. The molecule has 0 saturated heterocycles. The zero-order chi connectivity index (χ0) is 29.5. The summed E-state index contributed by atoms with van der Waals surface area (Å²) in [5.74, 6) is 0.0369. The summed E-state index contributed by atoms with van der Waals surface area (Å²) in [6, 6.07) is 52.7. The van der Waals surface area contributed by atoms with E-state index in [0.29, 0.717) is 17.0 Å². The fourth-order valence-corrected chi connectivity index (χ4v) is 5.99. The van der Waals surface area contributed by atoms with E-state index in [0.717, 1.165) is 27.8 Å². The van der Waals surface area contributed by atoms with Crippen LogP contribution in [0.1, 0.15) is 0 Å². The summed E-state index contributed by atoms with van der Waals surface area (Å²) in [6.07, 6.45) is 0. The Kier molecular flexibility index (Phi) is 6.31. The molecule has 0 amide bonds. The molecular weight excluding hydrogens is 541 g/mol. The third-order valence-electron chi connectivity index (χ3n) is 8.09. The second-order valence-corrected chi connectivity index (χ2v) is 10.8. The lowest BCUT2D eigenvalue weighted by atomic mass is 10.0. The average Bonchev–Trinajstić information content (AvgIpc) is 3.43. The van der Waals surface area contributed by atoms with E-state index in [-0.39, 0.29) is 11.4 Å². The van der Waals surface area contributed by atoms with Gasteiger partial charge < -0.3 is 4.57 Å². The zero-order valence-electron chi connectivity index (χ0n) is 23.7. The van der Waals surface area contributed by atoms with E-state index >= 15 is 4.39 Å². The molecule has 6 aromatic carbocycles. The summed E-state index contributed by atoms with van der Waals surface area (Å²) < 4.78 is 18.3. The molecule has 0 atom stereocenters. The van der Waals surface area contributed by atoms with E-state index < -0.39 is 5.82 Å². The standard InChI is InChI=1S/C40H26FN3/c41-37-38(28-15-6-2-7-16-28)42-40(43-39(37)29-17-8-3-9-18-29)31-19-12-20-32(25-31)44-35-22-11-10-21-33(35)34-24-23-30(26-36(34)44)27-13-4-1-5-14-27/h1-26H. The Labute approximate surface area is 254 Å². The number of benzene rings is 6. The molecule has 44 heavy (non-hydrogen) atoms. The number of fused-ring (bicyclic) bond motifs is 3. The summed E-state index contributed by atoms with van der Waals surface area (Å²) in [6.45, 7) is 0. The van der Waals surface area contributed by atoms with Gasteiger partial charge in [0.1, 0.15) is 11.4 Å². The third-order valence-corrected chi connectivity index (χ3v) is 8.09. The fraction of sp³-hybridized carbons (Fsp3) is 0. The number of hydrogen-bond donors (Lipinski definition) is 0. The van der Waals surface area contributed by atoms with Gasteiger partial charge in [0.2, 0.25) is 0 Å². The van der Waals surface area contributed by atoms with Crippen molar-refractivity contribution >= 4 is 21.8 Å². The number of aromatic nitrogens is 3. The zero-order valence-corrected chi connectivity index (χ0v) is 23.7. The second kappa shape index (κ2) is 10.8. The lowest BCUT2D eigenvalue weighted by Gasteiger charge is -2.13. The molecule has 0 aliphatic carbocycles. The Morgan fingerprint density at radius 1 is 0.409 bits per heavy atom. The molecule has 3 nitrogen and oxygen atoms in total. The first-order valence-corrected chi connectivity index (χ1v) is 14.6. The van der Waals surface area contributed by atoms with Gasteiger partial charge in [-0.15, -0.1) is 0 Å². The number of halogens is 1. The minimum Gasteiger partial charge on any atom is -0.309 e. The highest BCUT2D eigenvalue weighted by molar-refractivity contribution is 6.10. The van der Waals surface area contributed by atoms with Gasteiger partial charge in [0.05, 0.1) is 11.0 Å². The quantitative estimate of drug-likeness (QED) is 0.207. The Balaban J connectivity index is 1.34. The summed E-state index contributed by atoms with van der Waals surface area (Å²) in [4.78, 5) is 9.61. The van der Waals surface area contributed by atoms with Crippen LogP contribution in [0.4, 0.5) is 4.39 Å². The molecule has 0 aliphatic rings. The van der Waals surface area contributed by atoms with Crippen molar-refractivity contribution in [1.29, 1.82) is 0 Å². The van der Waals surface area contributed by atoms with Crippen LogP contribution in [0.3, 0.4) is 0 Å². The van der Waals surface area contributed by atoms with Gasteiger partial charge in [-0.3, -0.25) is 0 Å². The summed E-state index contributed by atoms with van der Waals surface area (Å²) in [7, 11) is 0. The van der Waals surface area contributed by atoms with Crippen LogP contribution in [-0.2, 0) is 0 Å². The molecule has 0 spiro atoms. The second-order valence-electron chi connectivity index (χ2n) is 10.8. The Morgan fingerprint density at radius 2 is 0.955 bits per heavy atom. The van der Waals surface area contributed by atoms with Crippen molar-refractivity contribution in [2.24, 2.45) is 0 Å². The maximum atomic E-state index is 16.0. The maximum absolute atomic E-state index is 16.0. The molecule has 0 N–H and O–H groups in total. The summed E-state index contributed by atoms with van der Waals surface area (Å²) >= 11 is 0. The average molecular weight is 568 g/mol. The molecule has 0 fully saturated rings. The third kappa shape index (κ3) is 4.45. The van der Waals surface area contributed by atoms with Crippen LogP contribution in [0, 0.1) is 5.82 Å². The van der Waals surface area contributed by atoms with Gasteiger partial charge in [0.25, 0.3) is 0 Å². The van der Waals surface area contributed by atoms with Gasteiger partial charge in [-0.05, 0) is 35.4 Å². The number of para-hydroxylation sites is 1. The first kappa shape index (κ1) is 25.8. The minimum absolute atomic E-state index is 0.282. The fourth-order valence-electron chi connectivity index (χ4n) is 5.99. The van der Waals surface area contributed by atoms with E-state index in [1.807, 2.05) is 78.9 Å². The van der Waals surface area contributed by atoms with Crippen molar-refractivity contribution in [3.05, 3.63) is 164 Å². The van der Waals surface area contributed by atoms with Gasteiger partial charge in [-0.2, -0.15) is 0 Å². The van der Waals surface area contributed by atoms with Crippen LogP contribution < -0.4 is 0 Å². The van der Waals surface area contributed by atoms with E-state index in [2.05, 4.69) is 83.4 Å². The highest BCUT2D eigenvalue weighted by Gasteiger charge is 2.19. The monoisotopic (exact) mass is 567 g/mol. The van der Waals surface area contributed by atoms with Crippen molar-refractivity contribution in [2.45, 2.75) is 0 Å². The van der Waals surface area contributed by atoms with E-state index in [9.17, 15) is 0 Å². The van der Waals surface area contributed by atoms with Crippen molar-refractivity contribution in [1.82, 2.24) is 14.5 Å². The Bertz CT molecular complexity index is 2210. The number of nitrogens with zero attached hydrogens (tertiary/aromatic N) is 3. The van der Waals surface area contributed by atoms with Crippen LogP contribution in [-0.4, -0.2) is 14.5 Å². The van der Waals surface area contributed by atoms with Gasteiger partial charge in [-0.25, -0.2) is 14.4 Å². The molecule has 0 bridgehead atoms. The molecule has 8 rings (SSSR count). The molecule has 208 valence electrons. The predicted octanol–water partition coefficient (Wildman–Crippen LogP) is 10.4. The summed E-state index contributed by atoms with van der Waals surface area (Å²) in [5, 5.41) is 2.37. The first-order valence-electron chi connectivity index (χ1n) is 14.6. The van der Waals surface area contributed by atoms with Gasteiger partial charge in [0, 0.05) is 33.2 Å². The highest BCUT2D eigenvalue weighted by Crippen LogP contribution is 2.36. The molecular formula is C40H26FN3. The topological polar surface area (TPSA) is 30.7 Å². The minimum atomic E-state index is -0.432. The highest BCUT2D eigenvalue weighted by atomic mass is 19.1. The molecule has 2 aromatic heterocycles. The number of rotatable bonds is 5.